The molecular formula is C20H18N4O. The van der Waals surface area contributed by atoms with Crippen LogP contribution in [0.25, 0.3) is 22.4 Å². The highest BCUT2D eigenvalue weighted by Crippen LogP contribution is 2.21. The molecular weight excluding hydrogens is 312 g/mol. The van der Waals surface area contributed by atoms with Crippen LogP contribution in [0.4, 0.5) is 0 Å². The van der Waals surface area contributed by atoms with Crippen LogP contribution in [0.15, 0.2) is 60.9 Å². The van der Waals surface area contributed by atoms with E-state index in [2.05, 4.69) is 4.98 Å². The van der Waals surface area contributed by atoms with E-state index >= 15 is 0 Å². The van der Waals surface area contributed by atoms with E-state index in [1.54, 1.807) is 13.3 Å². The molecule has 0 saturated heterocycles. The predicted molar refractivity (Wildman–Crippen MR) is 97.6 cm³/mol. The van der Waals surface area contributed by atoms with E-state index in [9.17, 15) is 0 Å². The highest BCUT2D eigenvalue weighted by molar-refractivity contribution is 5.76. The van der Waals surface area contributed by atoms with Gasteiger partial charge in [0.05, 0.1) is 30.9 Å². The maximum absolute atomic E-state index is 5.20. The number of para-hydroxylation sites is 2. The monoisotopic (exact) mass is 330 g/mol. The molecule has 124 valence electrons. The predicted octanol–water partition coefficient (Wildman–Crippen LogP) is 3.86. The molecule has 2 aromatic heterocycles. The summed E-state index contributed by atoms with van der Waals surface area (Å²) in [5.74, 6) is 0.854. The lowest BCUT2D eigenvalue weighted by Gasteiger charge is -2.04. The zero-order chi connectivity index (χ0) is 17.2. The fourth-order valence-corrected chi connectivity index (χ4v) is 2.84. The van der Waals surface area contributed by atoms with E-state index in [4.69, 9.17) is 14.8 Å². The first kappa shape index (κ1) is 15.3. The first-order valence-electron chi connectivity index (χ1n) is 8.12. The normalized spacial score (nSPS) is 11.0. The van der Waals surface area contributed by atoms with Gasteiger partial charge in [-0.25, -0.2) is 4.98 Å². The van der Waals surface area contributed by atoms with Gasteiger partial charge in [-0.15, -0.1) is 0 Å². The number of aromatic nitrogens is 4. The van der Waals surface area contributed by atoms with Gasteiger partial charge in [0, 0.05) is 6.20 Å². The molecule has 0 N–H and O–H groups in total. The Balaban J connectivity index is 1.64. The van der Waals surface area contributed by atoms with Crippen molar-refractivity contribution in [3.8, 4) is 17.1 Å². The Morgan fingerprint density at radius 3 is 2.52 bits per heavy atom. The summed E-state index contributed by atoms with van der Waals surface area (Å²) in [5.41, 5.74) is 5.68. The molecule has 0 radical (unpaired) electrons. The van der Waals surface area contributed by atoms with Crippen molar-refractivity contribution in [1.82, 2.24) is 19.7 Å². The fourth-order valence-electron chi connectivity index (χ4n) is 2.84. The summed E-state index contributed by atoms with van der Waals surface area (Å²) >= 11 is 0. The van der Waals surface area contributed by atoms with Crippen molar-refractivity contribution in [3.05, 3.63) is 72.1 Å². The minimum atomic E-state index is 0.700. The maximum atomic E-state index is 5.20. The minimum Gasteiger partial charge on any atom is -0.497 e. The van der Waals surface area contributed by atoms with Gasteiger partial charge >= 0.3 is 0 Å². The first-order valence-corrected chi connectivity index (χ1v) is 8.12. The summed E-state index contributed by atoms with van der Waals surface area (Å²) < 4.78 is 7.13. The van der Waals surface area contributed by atoms with Crippen LogP contribution in [0.3, 0.4) is 0 Å². The van der Waals surface area contributed by atoms with Crippen molar-refractivity contribution < 1.29 is 4.74 Å². The minimum absolute atomic E-state index is 0.700. The fraction of sp³-hybridized carbons (Fsp3) is 0.150. The van der Waals surface area contributed by atoms with Crippen LogP contribution in [0.1, 0.15) is 11.1 Å². The van der Waals surface area contributed by atoms with E-state index in [1.807, 2.05) is 66.3 Å². The van der Waals surface area contributed by atoms with Crippen LogP contribution in [0.5, 0.6) is 5.75 Å². The number of nitrogens with zero attached hydrogens (tertiary/aromatic N) is 4. The molecule has 0 spiro atoms. The van der Waals surface area contributed by atoms with Crippen LogP contribution in [-0.2, 0) is 6.54 Å². The molecule has 0 aliphatic carbocycles. The van der Waals surface area contributed by atoms with E-state index in [1.165, 1.54) is 5.56 Å². The van der Waals surface area contributed by atoms with Crippen LogP contribution in [0, 0.1) is 6.92 Å². The second-order valence-electron chi connectivity index (χ2n) is 5.95. The van der Waals surface area contributed by atoms with Crippen LogP contribution >= 0.6 is 0 Å². The molecule has 0 aliphatic rings. The summed E-state index contributed by atoms with van der Waals surface area (Å²) in [7, 11) is 1.67. The third kappa shape index (κ3) is 3.08. The third-order valence-corrected chi connectivity index (χ3v) is 4.14. The van der Waals surface area contributed by atoms with E-state index in [0.717, 1.165) is 33.7 Å². The van der Waals surface area contributed by atoms with Crippen molar-refractivity contribution in [1.29, 1.82) is 0 Å². The molecule has 0 saturated carbocycles. The summed E-state index contributed by atoms with van der Waals surface area (Å²) in [6, 6.07) is 15.9. The Hall–Kier alpha value is -3.21. The van der Waals surface area contributed by atoms with E-state index < -0.39 is 0 Å². The number of benzene rings is 2. The lowest BCUT2D eigenvalue weighted by molar-refractivity contribution is 0.414. The van der Waals surface area contributed by atoms with Crippen molar-refractivity contribution in [2.45, 2.75) is 13.5 Å². The van der Waals surface area contributed by atoms with Crippen molar-refractivity contribution in [3.63, 3.8) is 0 Å². The number of fused-ring (bicyclic) bond motifs is 1. The van der Waals surface area contributed by atoms with Crippen molar-refractivity contribution in [2.24, 2.45) is 0 Å². The Labute approximate surface area is 145 Å². The van der Waals surface area contributed by atoms with Gasteiger partial charge in [-0.1, -0.05) is 24.3 Å². The molecule has 0 aliphatic heterocycles. The summed E-state index contributed by atoms with van der Waals surface area (Å²) in [5, 5.41) is 4.71. The summed E-state index contributed by atoms with van der Waals surface area (Å²) in [6.07, 6.45) is 3.83. The van der Waals surface area contributed by atoms with Gasteiger partial charge in [0.25, 0.3) is 0 Å². The summed E-state index contributed by atoms with van der Waals surface area (Å²) in [4.78, 5) is 9.18. The number of aryl methyl sites for hydroxylation is 1. The molecule has 2 aromatic carbocycles. The van der Waals surface area contributed by atoms with Crippen LogP contribution in [0.2, 0.25) is 0 Å². The largest absolute Gasteiger partial charge is 0.497 e. The van der Waals surface area contributed by atoms with Gasteiger partial charge in [0.15, 0.2) is 0 Å². The molecule has 0 atom stereocenters. The average Bonchev–Trinajstić information content (AvgIpc) is 3.02. The Morgan fingerprint density at radius 2 is 1.76 bits per heavy atom. The molecule has 0 unspecified atom stereocenters. The van der Waals surface area contributed by atoms with Gasteiger partial charge in [0.1, 0.15) is 17.1 Å². The second kappa shape index (κ2) is 6.36. The molecule has 0 bridgehead atoms. The van der Waals surface area contributed by atoms with E-state index in [-0.39, 0.29) is 0 Å². The third-order valence-electron chi connectivity index (χ3n) is 4.14. The van der Waals surface area contributed by atoms with Crippen LogP contribution < -0.4 is 4.74 Å². The molecule has 5 nitrogen and oxygen atoms in total. The molecule has 2 heterocycles. The Kier molecular flexibility index (Phi) is 3.90. The number of methoxy groups -OCH3 is 1. The molecule has 4 rings (SSSR count). The number of hydrogen-bond acceptors (Lipinski definition) is 4. The number of rotatable bonds is 4. The van der Waals surface area contributed by atoms with Crippen molar-refractivity contribution >= 4 is 11.0 Å². The first-order chi connectivity index (χ1) is 12.2. The SMILES string of the molecule is COc1ccc(Cn2cc(C)c(-c3cnc4ccccc4n3)n2)cc1. The zero-order valence-corrected chi connectivity index (χ0v) is 14.2. The van der Waals surface area contributed by atoms with Crippen LogP contribution in [-0.4, -0.2) is 26.9 Å². The lowest BCUT2D eigenvalue weighted by atomic mass is 10.2. The number of ether oxygens (including phenoxy) is 1. The topological polar surface area (TPSA) is 52.8 Å². The Bertz CT molecular complexity index is 1020. The molecule has 0 amide bonds. The lowest BCUT2D eigenvalue weighted by Crippen LogP contribution is -2.00. The average molecular weight is 330 g/mol. The molecule has 0 fully saturated rings. The Morgan fingerprint density at radius 1 is 1.00 bits per heavy atom. The highest BCUT2D eigenvalue weighted by atomic mass is 16.5. The molecule has 5 heteroatoms. The zero-order valence-electron chi connectivity index (χ0n) is 14.2. The quantitative estimate of drug-likeness (QED) is 0.570. The van der Waals surface area contributed by atoms with E-state index in [0.29, 0.717) is 6.54 Å². The van der Waals surface area contributed by atoms with Gasteiger partial charge < -0.3 is 4.74 Å². The second-order valence-corrected chi connectivity index (χ2v) is 5.95. The van der Waals surface area contributed by atoms with Gasteiger partial charge in [-0.3, -0.25) is 9.67 Å². The highest BCUT2D eigenvalue weighted by Gasteiger charge is 2.11. The van der Waals surface area contributed by atoms with Gasteiger partial charge in [-0.2, -0.15) is 5.10 Å². The van der Waals surface area contributed by atoms with Gasteiger partial charge in [0.2, 0.25) is 0 Å². The maximum Gasteiger partial charge on any atom is 0.118 e. The van der Waals surface area contributed by atoms with Crippen molar-refractivity contribution in [2.75, 3.05) is 7.11 Å². The standard InChI is InChI=1S/C20H18N4O/c1-14-12-24(13-15-7-9-16(25-2)10-8-15)23-20(14)19-11-21-17-5-3-4-6-18(17)22-19/h3-12H,13H2,1-2H3. The summed E-state index contributed by atoms with van der Waals surface area (Å²) in [6.45, 7) is 2.75. The van der Waals surface area contributed by atoms with Gasteiger partial charge in [-0.05, 0) is 42.3 Å². The molecule has 4 aromatic rings. The number of hydrogen-bond donors (Lipinski definition) is 0. The molecule has 25 heavy (non-hydrogen) atoms. The smallest absolute Gasteiger partial charge is 0.118 e.